The fourth-order valence-corrected chi connectivity index (χ4v) is 1.64. The molecule has 0 aliphatic rings. The molecule has 0 atom stereocenters. The molecule has 2 heterocycles. The lowest BCUT2D eigenvalue weighted by molar-refractivity contribution is 0.101. The minimum Gasteiger partial charge on any atom is -0.321 e. The third kappa shape index (κ3) is 2.50. The molecule has 0 aliphatic carbocycles. The SMILES string of the molecule is Cc1cc(NC(=O)c2cc(C)nn2C)ccn1. The number of carbonyl (C=O) groups is 1. The van der Waals surface area contributed by atoms with E-state index in [1.165, 1.54) is 0 Å². The van der Waals surface area contributed by atoms with Gasteiger partial charge in [0.15, 0.2) is 0 Å². The summed E-state index contributed by atoms with van der Waals surface area (Å²) in [7, 11) is 1.75. The van der Waals surface area contributed by atoms with Crippen LogP contribution in [0.15, 0.2) is 24.4 Å². The number of anilines is 1. The first-order valence-electron chi connectivity index (χ1n) is 5.31. The zero-order valence-corrected chi connectivity index (χ0v) is 10.1. The number of aryl methyl sites for hydroxylation is 3. The Morgan fingerprint density at radius 2 is 2.06 bits per heavy atom. The molecule has 0 unspecified atom stereocenters. The van der Waals surface area contributed by atoms with Crippen LogP contribution in [0.4, 0.5) is 5.69 Å². The van der Waals surface area contributed by atoms with Gasteiger partial charge in [0, 0.05) is 24.6 Å². The minimum absolute atomic E-state index is 0.168. The molecule has 2 aromatic heterocycles. The van der Waals surface area contributed by atoms with Crippen LogP contribution in [0.3, 0.4) is 0 Å². The number of rotatable bonds is 2. The standard InChI is InChI=1S/C12H14N4O/c1-8-6-10(4-5-13-8)14-12(17)11-7-9(2)15-16(11)3/h4-7H,1-3H3,(H,13,14,17). The molecule has 0 bridgehead atoms. The normalized spacial score (nSPS) is 10.3. The zero-order valence-electron chi connectivity index (χ0n) is 10.1. The van der Waals surface area contributed by atoms with Gasteiger partial charge in [0.2, 0.25) is 0 Å². The quantitative estimate of drug-likeness (QED) is 0.854. The predicted molar refractivity (Wildman–Crippen MR) is 64.9 cm³/mol. The van der Waals surface area contributed by atoms with Crippen molar-refractivity contribution in [2.45, 2.75) is 13.8 Å². The Hall–Kier alpha value is -2.17. The van der Waals surface area contributed by atoms with E-state index in [2.05, 4.69) is 15.4 Å². The monoisotopic (exact) mass is 230 g/mol. The van der Waals surface area contributed by atoms with Gasteiger partial charge in [-0.25, -0.2) is 0 Å². The van der Waals surface area contributed by atoms with Crippen molar-refractivity contribution in [1.29, 1.82) is 0 Å². The number of aromatic nitrogens is 3. The van der Waals surface area contributed by atoms with Crippen molar-refractivity contribution in [3.63, 3.8) is 0 Å². The van der Waals surface area contributed by atoms with Crippen LogP contribution in [0.1, 0.15) is 21.9 Å². The summed E-state index contributed by atoms with van der Waals surface area (Å²) in [6.45, 7) is 3.73. The van der Waals surface area contributed by atoms with Gasteiger partial charge in [0.1, 0.15) is 5.69 Å². The predicted octanol–water partition coefficient (Wildman–Crippen LogP) is 1.68. The number of hydrogen-bond acceptors (Lipinski definition) is 3. The van der Waals surface area contributed by atoms with Gasteiger partial charge < -0.3 is 5.32 Å². The van der Waals surface area contributed by atoms with Gasteiger partial charge in [-0.2, -0.15) is 5.10 Å². The number of pyridine rings is 1. The number of nitrogens with zero attached hydrogens (tertiary/aromatic N) is 3. The molecule has 0 saturated carbocycles. The molecule has 0 spiro atoms. The number of amides is 1. The maximum atomic E-state index is 12.0. The smallest absolute Gasteiger partial charge is 0.273 e. The summed E-state index contributed by atoms with van der Waals surface area (Å²) in [5.74, 6) is -0.168. The molecule has 0 aliphatic heterocycles. The van der Waals surface area contributed by atoms with Crippen LogP contribution in [-0.4, -0.2) is 20.7 Å². The lowest BCUT2D eigenvalue weighted by Crippen LogP contribution is -2.16. The Kier molecular flexibility index (Phi) is 2.91. The van der Waals surface area contributed by atoms with Gasteiger partial charge >= 0.3 is 0 Å². The van der Waals surface area contributed by atoms with Crippen LogP contribution >= 0.6 is 0 Å². The molecule has 1 amide bonds. The topological polar surface area (TPSA) is 59.8 Å². The van der Waals surface area contributed by atoms with Crippen LogP contribution in [-0.2, 0) is 7.05 Å². The highest BCUT2D eigenvalue weighted by Gasteiger charge is 2.11. The van der Waals surface area contributed by atoms with Gasteiger partial charge in [-0.05, 0) is 32.0 Å². The summed E-state index contributed by atoms with van der Waals surface area (Å²) >= 11 is 0. The van der Waals surface area contributed by atoms with Crippen molar-refractivity contribution in [1.82, 2.24) is 14.8 Å². The lowest BCUT2D eigenvalue weighted by Gasteiger charge is -2.05. The van der Waals surface area contributed by atoms with Crippen LogP contribution in [0.25, 0.3) is 0 Å². The molecule has 0 fully saturated rings. The molecule has 88 valence electrons. The van der Waals surface area contributed by atoms with Gasteiger partial charge in [-0.3, -0.25) is 14.5 Å². The molecule has 0 radical (unpaired) electrons. The molecular weight excluding hydrogens is 216 g/mol. The maximum Gasteiger partial charge on any atom is 0.273 e. The van der Waals surface area contributed by atoms with E-state index in [0.717, 1.165) is 17.1 Å². The van der Waals surface area contributed by atoms with E-state index in [9.17, 15) is 4.79 Å². The second-order valence-electron chi connectivity index (χ2n) is 3.93. The highest BCUT2D eigenvalue weighted by Crippen LogP contribution is 2.10. The summed E-state index contributed by atoms with van der Waals surface area (Å²) in [4.78, 5) is 16.0. The van der Waals surface area contributed by atoms with Crippen molar-refractivity contribution in [3.05, 3.63) is 41.5 Å². The van der Waals surface area contributed by atoms with Crippen molar-refractivity contribution < 1.29 is 4.79 Å². The molecule has 0 saturated heterocycles. The molecule has 1 N–H and O–H groups in total. The molecule has 2 rings (SSSR count). The van der Waals surface area contributed by atoms with Gasteiger partial charge in [0.05, 0.1) is 5.69 Å². The van der Waals surface area contributed by atoms with Crippen molar-refractivity contribution >= 4 is 11.6 Å². The fraction of sp³-hybridized carbons (Fsp3) is 0.250. The third-order valence-corrected chi connectivity index (χ3v) is 2.39. The lowest BCUT2D eigenvalue weighted by atomic mass is 10.3. The molecule has 5 nitrogen and oxygen atoms in total. The number of hydrogen-bond donors (Lipinski definition) is 1. The van der Waals surface area contributed by atoms with Crippen LogP contribution in [0.2, 0.25) is 0 Å². The molecule has 0 aromatic carbocycles. The van der Waals surface area contributed by atoms with Crippen LogP contribution in [0, 0.1) is 13.8 Å². The third-order valence-electron chi connectivity index (χ3n) is 2.39. The highest BCUT2D eigenvalue weighted by atomic mass is 16.2. The summed E-state index contributed by atoms with van der Waals surface area (Å²) in [6, 6.07) is 5.33. The first-order chi connectivity index (χ1) is 8.06. The number of carbonyl (C=O) groups excluding carboxylic acids is 1. The van der Waals surface area contributed by atoms with E-state index in [0.29, 0.717) is 5.69 Å². The Labute approximate surface area is 99.5 Å². The maximum absolute atomic E-state index is 12.0. The Morgan fingerprint density at radius 3 is 2.65 bits per heavy atom. The Balaban J connectivity index is 2.20. The van der Waals surface area contributed by atoms with Gasteiger partial charge in [-0.15, -0.1) is 0 Å². The summed E-state index contributed by atoms with van der Waals surface area (Å²) in [5.41, 5.74) is 2.96. The Bertz CT molecular complexity index is 559. The van der Waals surface area contributed by atoms with E-state index in [-0.39, 0.29) is 5.91 Å². The van der Waals surface area contributed by atoms with Crippen molar-refractivity contribution in [2.24, 2.45) is 7.05 Å². The van der Waals surface area contributed by atoms with E-state index in [4.69, 9.17) is 0 Å². The summed E-state index contributed by atoms with van der Waals surface area (Å²) in [6.07, 6.45) is 1.67. The average molecular weight is 230 g/mol. The van der Waals surface area contributed by atoms with E-state index < -0.39 is 0 Å². The Morgan fingerprint density at radius 1 is 1.29 bits per heavy atom. The van der Waals surface area contributed by atoms with E-state index in [1.54, 1.807) is 30.1 Å². The zero-order chi connectivity index (χ0) is 12.4. The summed E-state index contributed by atoms with van der Waals surface area (Å²) in [5, 5.41) is 6.95. The average Bonchev–Trinajstić information content (AvgIpc) is 2.58. The molecular formula is C12H14N4O. The van der Waals surface area contributed by atoms with Gasteiger partial charge in [0.25, 0.3) is 5.91 Å². The second-order valence-corrected chi connectivity index (χ2v) is 3.93. The summed E-state index contributed by atoms with van der Waals surface area (Å²) < 4.78 is 1.57. The number of nitrogens with one attached hydrogen (secondary N) is 1. The highest BCUT2D eigenvalue weighted by molar-refractivity contribution is 6.03. The second kappa shape index (κ2) is 4.37. The fourth-order valence-electron chi connectivity index (χ4n) is 1.64. The van der Waals surface area contributed by atoms with E-state index in [1.807, 2.05) is 19.9 Å². The minimum atomic E-state index is -0.168. The molecule has 17 heavy (non-hydrogen) atoms. The van der Waals surface area contributed by atoms with E-state index >= 15 is 0 Å². The molecule has 2 aromatic rings. The first kappa shape index (κ1) is 11.3. The molecule has 5 heteroatoms. The van der Waals surface area contributed by atoms with Crippen LogP contribution < -0.4 is 5.32 Å². The van der Waals surface area contributed by atoms with Gasteiger partial charge in [-0.1, -0.05) is 0 Å². The largest absolute Gasteiger partial charge is 0.321 e. The van der Waals surface area contributed by atoms with Crippen molar-refractivity contribution in [3.8, 4) is 0 Å². The van der Waals surface area contributed by atoms with Crippen molar-refractivity contribution in [2.75, 3.05) is 5.32 Å². The first-order valence-corrected chi connectivity index (χ1v) is 5.31. The van der Waals surface area contributed by atoms with Crippen LogP contribution in [0.5, 0.6) is 0 Å².